The van der Waals surface area contributed by atoms with E-state index in [2.05, 4.69) is 17.3 Å². The Morgan fingerprint density at radius 2 is 2.03 bits per heavy atom. The molecule has 0 saturated carbocycles. The zero-order valence-corrected chi connectivity index (χ0v) is 20.2. The number of carbonyl (C=O) groups is 1. The number of aromatic nitrogens is 4. The second-order valence-electron chi connectivity index (χ2n) is 8.05. The molecule has 5 rings (SSSR count). The number of anilines is 1. The first-order valence-corrected chi connectivity index (χ1v) is 12.8. The van der Waals surface area contributed by atoms with E-state index < -0.39 is 0 Å². The van der Waals surface area contributed by atoms with Gasteiger partial charge in [-0.15, -0.1) is 11.8 Å². The molecule has 1 aliphatic rings. The Balaban J connectivity index is 1.45. The van der Waals surface area contributed by atoms with Gasteiger partial charge in [-0.2, -0.15) is 5.10 Å². The molecule has 0 saturated heterocycles. The number of rotatable bonds is 5. The lowest BCUT2D eigenvalue weighted by molar-refractivity contribution is -0.116. The number of aryl methyl sites for hydroxylation is 2. The summed E-state index contributed by atoms with van der Waals surface area (Å²) < 4.78 is 3.36. The van der Waals surface area contributed by atoms with Gasteiger partial charge >= 0.3 is 0 Å². The van der Waals surface area contributed by atoms with E-state index in [0.29, 0.717) is 21.9 Å². The Morgan fingerprint density at radius 1 is 1.21 bits per heavy atom. The van der Waals surface area contributed by atoms with E-state index in [9.17, 15) is 9.59 Å². The van der Waals surface area contributed by atoms with Gasteiger partial charge in [0.15, 0.2) is 10.8 Å². The molecule has 0 radical (unpaired) electrons. The molecule has 3 heterocycles. The topological polar surface area (TPSA) is 81.8 Å². The maximum atomic E-state index is 13.4. The van der Waals surface area contributed by atoms with Crippen LogP contribution in [0.2, 0.25) is 0 Å². The largest absolute Gasteiger partial charge is 0.325 e. The van der Waals surface area contributed by atoms with Crippen LogP contribution in [0.5, 0.6) is 0 Å². The number of thioether (sulfide) groups is 2. The number of amides is 1. The van der Waals surface area contributed by atoms with Gasteiger partial charge in [0, 0.05) is 17.1 Å². The third-order valence-corrected chi connectivity index (χ3v) is 7.80. The predicted molar refractivity (Wildman–Crippen MR) is 134 cm³/mol. The van der Waals surface area contributed by atoms with Crippen LogP contribution in [-0.4, -0.2) is 37.2 Å². The van der Waals surface area contributed by atoms with Crippen LogP contribution in [0.25, 0.3) is 16.7 Å². The van der Waals surface area contributed by atoms with Crippen molar-refractivity contribution in [1.82, 2.24) is 19.3 Å². The molecular weight excluding hydrogens is 454 g/mol. The fraction of sp³-hybridized carbons (Fsp3) is 0.250. The van der Waals surface area contributed by atoms with Crippen LogP contribution in [0.15, 0.2) is 63.5 Å². The number of benzene rings is 2. The molecule has 1 N–H and O–H groups in total. The van der Waals surface area contributed by atoms with Crippen molar-refractivity contribution in [2.24, 2.45) is 0 Å². The van der Waals surface area contributed by atoms with Crippen molar-refractivity contribution in [2.75, 3.05) is 17.3 Å². The summed E-state index contributed by atoms with van der Waals surface area (Å²) in [5, 5.41) is 8.52. The lowest BCUT2D eigenvalue weighted by atomic mass is 10.1. The highest BCUT2D eigenvalue weighted by Crippen LogP contribution is 2.34. The van der Waals surface area contributed by atoms with Gasteiger partial charge in [0.1, 0.15) is 5.39 Å². The number of fused-ring (bicyclic) bond motifs is 2. The molecule has 9 heteroatoms. The molecule has 0 aliphatic carbocycles. The standard InChI is InChI=1S/C24H23N5O2S2/c1-14-8-9-16(10-15(14)2)29-22-18(12-25-29)23(31)28-17(13-33-24(28)27-22)11-21(30)26-19-6-4-5-7-20(19)32-3/h4-10,12,17H,11,13H2,1-3H3,(H,26,30). The first-order valence-electron chi connectivity index (χ1n) is 10.6. The van der Waals surface area contributed by atoms with Gasteiger partial charge in [-0.25, -0.2) is 9.67 Å². The molecule has 0 bridgehead atoms. The monoisotopic (exact) mass is 477 g/mol. The van der Waals surface area contributed by atoms with E-state index in [1.807, 2.05) is 55.6 Å². The van der Waals surface area contributed by atoms with Gasteiger partial charge in [-0.1, -0.05) is 30.0 Å². The van der Waals surface area contributed by atoms with Crippen LogP contribution < -0.4 is 10.9 Å². The van der Waals surface area contributed by atoms with Gasteiger partial charge in [0.05, 0.1) is 23.6 Å². The molecule has 33 heavy (non-hydrogen) atoms. The number of hydrogen-bond acceptors (Lipinski definition) is 6. The Kier molecular flexibility index (Phi) is 5.76. The van der Waals surface area contributed by atoms with E-state index in [-0.39, 0.29) is 23.9 Å². The molecule has 2 aromatic heterocycles. The molecule has 2 aromatic carbocycles. The highest BCUT2D eigenvalue weighted by Gasteiger charge is 2.29. The molecular formula is C24H23N5O2S2. The SMILES string of the molecule is CSc1ccccc1NC(=O)CC1CSc2nc3c(cnn3-c3ccc(C)c(C)c3)c(=O)n21. The molecule has 168 valence electrons. The number of nitrogens with one attached hydrogen (secondary N) is 1. The minimum atomic E-state index is -0.249. The number of carbonyl (C=O) groups excluding carboxylic acids is 1. The first-order chi connectivity index (χ1) is 16.0. The zero-order valence-electron chi connectivity index (χ0n) is 18.5. The van der Waals surface area contributed by atoms with E-state index in [1.165, 1.54) is 17.3 Å². The number of para-hydroxylation sites is 1. The van der Waals surface area contributed by atoms with Crippen molar-refractivity contribution >= 4 is 46.2 Å². The normalized spacial score (nSPS) is 15.1. The zero-order chi connectivity index (χ0) is 23.1. The van der Waals surface area contributed by atoms with E-state index in [0.717, 1.165) is 21.8 Å². The van der Waals surface area contributed by atoms with Crippen LogP contribution in [0, 0.1) is 13.8 Å². The van der Waals surface area contributed by atoms with Gasteiger partial charge in [-0.3, -0.25) is 14.2 Å². The van der Waals surface area contributed by atoms with Crippen molar-refractivity contribution in [1.29, 1.82) is 0 Å². The van der Waals surface area contributed by atoms with Crippen molar-refractivity contribution in [3.8, 4) is 5.69 Å². The summed E-state index contributed by atoms with van der Waals surface area (Å²) in [5.74, 6) is 0.511. The smallest absolute Gasteiger partial charge is 0.265 e. The van der Waals surface area contributed by atoms with Gasteiger partial charge in [0.25, 0.3) is 5.56 Å². The molecule has 1 unspecified atom stereocenters. The highest BCUT2D eigenvalue weighted by molar-refractivity contribution is 7.99. The Hall–Kier alpha value is -3.04. The summed E-state index contributed by atoms with van der Waals surface area (Å²) in [6.07, 6.45) is 3.76. The third-order valence-electron chi connectivity index (χ3n) is 5.91. The second-order valence-corrected chi connectivity index (χ2v) is 9.88. The maximum Gasteiger partial charge on any atom is 0.265 e. The van der Waals surface area contributed by atoms with Gasteiger partial charge in [0.2, 0.25) is 5.91 Å². The fourth-order valence-electron chi connectivity index (χ4n) is 3.99. The fourth-order valence-corrected chi connectivity index (χ4v) is 5.67. The Labute approximate surface area is 199 Å². The molecule has 4 aromatic rings. The van der Waals surface area contributed by atoms with Crippen molar-refractivity contribution in [3.05, 3.63) is 70.1 Å². The minimum absolute atomic E-state index is 0.118. The van der Waals surface area contributed by atoms with Gasteiger partial charge < -0.3 is 5.32 Å². The van der Waals surface area contributed by atoms with Crippen molar-refractivity contribution < 1.29 is 4.79 Å². The van der Waals surface area contributed by atoms with Crippen LogP contribution in [0.1, 0.15) is 23.6 Å². The minimum Gasteiger partial charge on any atom is -0.325 e. The summed E-state index contributed by atoms with van der Waals surface area (Å²) in [6.45, 7) is 4.11. The highest BCUT2D eigenvalue weighted by atomic mass is 32.2. The molecule has 0 spiro atoms. The maximum absolute atomic E-state index is 13.4. The Morgan fingerprint density at radius 3 is 2.82 bits per heavy atom. The van der Waals surface area contributed by atoms with Crippen LogP contribution in [0.4, 0.5) is 5.69 Å². The van der Waals surface area contributed by atoms with Crippen LogP contribution in [-0.2, 0) is 4.79 Å². The lowest BCUT2D eigenvalue weighted by Crippen LogP contribution is -2.27. The van der Waals surface area contributed by atoms with Gasteiger partial charge in [-0.05, 0) is 55.5 Å². The van der Waals surface area contributed by atoms with E-state index >= 15 is 0 Å². The van der Waals surface area contributed by atoms with E-state index in [1.54, 1.807) is 27.2 Å². The summed E-state index contributed by atoms with van der Waals surface area (Å²) in [7, 11) is 0. The van der Waals surface area contributed by atoms with Crippen LogP contribution in [0.3, 0.4) is 0 Å². The average Bonchev–Trinajstić information content (AvgIpc) is 3.41. The molecule has 1 aliphatic heterocycles. The summed E-state index contributed by atoms with van der Waals surface area (Å²) >= 11 is 3.08. The molecule has 0 fully saturated rings. The Bertz CT molecular complexity index is 1440. The molecule has 1 atom stereocenters. The molecule has 1 amide bonds. The summed E-state index contributed by atoms with van der Waals surface area (Å²) in [4.78, 5) is 31.9. The third kappa shape index (κ3) is 3.95. The second kappa shape index (κ2) is 8.72. The van der Waals surface area contributed by atoms with Crippen molar-refractivity contribution in [3.63, 3.8) is 0 Å². The van der Waals surface area contributed by atoms with E-state index in [4.69, 9.17) is 4.98 Å². The number of nitrogens with zero attached hydrogens (tertiary/aromatic N) is 4. The van der Waals surface area contributed by atoms with Crippen LogP contribution >= 0.6 is 23.5 Å². The molecule has 7 nitrogen and oxygen atoms in total. The average molecular weight is 478 g/mol. The first kappa shape index (κ1) is 21.8. The summed E-state index contributed by atoms with van der Waals surface area (Å²) in [5.41, 5.74) is 4.39. The predicted octanol–water partition coefficient (Wildman–Crippen LogP) is 4.60. The number of hydrogen-bond donors (Lipinski definition) is 1. The summed E-state index contributed by atoms with van der Waals surface area (Å²) in [6, 6.07) is 13.5. The lowest BCUT2D eigenvalue weighted by Gasteiger charge is -2.14. The van der Waals surface area contributed by atoms with Crippen molar-refractivity contribution in [2.45, 2.75) is 36.4 Å². The quantitative estimate of drug-likeness (QED) is 0.334.